The van der Waals surface area contributed by atoms with Crippen LogP contribution in [0.3, 0.4) is 0 Å². The molecule has 0 unspecified atom stereocenters. The number of hydrogen-bond donors (Lipinski definition) is 1. The van der Waals surface area contributed by atoms with Crippen LogP contribution >= 0.6 is 0 Å². The normalized spacial score (nSPS) is 20.4. The van der Waals surface area contributed by atoms with E-state index in [4.69, 9.17) is 9.47 Å². The zero-order chi connectivity index (χ0) is 22.7. The Morgan fingerprint density at radius 1 is 1.22 bits per heavy atom. The number of likely N-dealkylation sites (tertiary alicyclic amines) is 1. The maximum Gasteiger partial charge on any atom is 0.246 e. The molecule has 2 saturated heterocycles. The number of aromatic nitrogens is 1. The molecule has 0 aliphatic carbocycles. The number of morpholine rings is 1. The summed E-state index contributed by atoms with van der Waals surface area (Å²) in [7, 11) is -0.318. The van der Waals surface area contributed by atoms with Crippen molar-refractivity contribution in [3.63, 3.8) is 0 Å². The van der Waals surface area contributed by atoms with E-state index in [1.165, 1.54) is 23.2 Å². The molecule has 1 aromatic heterocycles. The molecule has 10 heteroatoms. The maximum atomic E-state index is 13.2. The fourth-order valence-corrected chi connectivity index (χ4v) is 6.03. The Bertz CT molecular complexity index is 1060. The van der Waals surface area contributed by atoms with E-state index >= 15 is 0 Å². The summed E-state index contributed by atoms with van der Waals surface area (Å²) in [6.07, 6.45) is 4.06. The molecule has 1 atom stereocenters. The molecule has 2 fully saturated rings. The predicted molar refractivity (Wildman–Crippen MR) is 120 cm³/mol. The van der Waals surface area contributed by atoms with E-state index in [9.17, 15) is 13.2 Å². The third-order valence-corrected chi connectivity index (χ3v) is 7.99. The quantitative estimate of drug-likeness (QED) is 0.675. The van der Waals surface area contributed by atoms with Gasteiger partial charge in [0.15, 0.2) is 0 Å². The molecule has 1 amide bonds. The molecular weight excluding hydrogens is 432 g/mol. The van der Waals surface area contributed by atoms with Crippen molar-refractivity contribution in [2.24, 2.45) is 7.05 Å². The molecule has 0 saturated carbocycles. The van der Waals surface area contributed by atoms with Gasteiger partial charge in [0.05, 0.1) is 32.9 Å². The van der Waals surface area contributed by atoms with Gasteiger partial charge in [-0.1, -0.05) is 0 Å². The molecular formula is C22H30N4O5S. The number of sulfonamides is 1. The summed E-state index contributed by atoms with van der Waals surface area (Å²) in [4.78, 5) is 15.0. The van der Waals surface area contributed by atoms with Gasteiger partial charge in [0, 0.05) is 37.7 Å². The molecule has 0 spiro atoms. The Balaban J connectivity index is 1.49. The van der Waals surface area contributed by atoms with E-state index < -0.39 is 10.0 Å². The number of hydrogen-bond acceptors (Lipinski definition) is 6. The number of methoxy groups -OCH3 is 1. The largest absolute Gasteiger partial charge is 0.495 e. The molecule has 2 aromatic rings. The Morgan fingerprint density at radius 3 is 2.69 bits per heavy atom. The van der Waals surface area contributed by atoms with Crippen molar-refractivity contribution < 1.29 is 22.7 Å². The number of nitrogens with one attached hydrogen (secondary N) is 1. The number of aryl methyl sites for hydroxylation is 1. The van der Waals surface area contributed by atoms with Crippen LogP contribution < -0.4 is 10.1 Å². The Morgan fingerprint density at radius 2 is 2.00 bits per heavy atom. The lowest BCUT2D eigenvalue weighted by Gasteiger charge is -2.27. The minimum absolute atomic E-state index is 0.0440. The third-order valence-electron chi connectivity index (χ3n) is 6.07. The van der Waals surface area contributed by atoms with E-state index in [0.29, 0.717) is 18.9 Å². The summed E-state index contributed by atoms with van der Waals surface area (Å²) in [5.74, 6) is 0.0730. The van der Waals surface area contributed by atoms with Gasteiger partial charge in [0.2, 0.25) is 15.9 Å². The van der Waals surface area contributed by atoms with Crippen LogP contribution in [0, 0.1) is 0 Å². The first-order chi connectivity index (χ1) is 15.4. The van der Waals surface area contributed by atoms with Gasteiger partial charge in [-0.15, -0.1) is 0 Å². The molecule has 3 heterocycles. The van der Waals surface area contributed by atoms with Gasteiger partial charge in [-0.05, 0) is 49.7 Å². The van der Waals surface area contributed by atoms with Gasteiger partial charge >= 0.3 is 0 Å². The molecule has 2 aliphatic rings. The lowest BCUT2D eigenvalue weighted by atomic mass is 10.1. The standard InChI is InChI=1S/C22H30N4O5S/c1-24-9-3-5-18(24)19-6-4-10-25(19)16-22(27)23-17-7-8-20(30-2)21(15-17)32(28,29)26-11-13-31-14-12-26/h3,5,7-9,15,19H,4,6,10-14,16H2,1-2H3,(H,23,27)/t19-/m0/s1. The lowest BCUT2D eigenvalue weighted by Crippen LogP contribution is -2.40. The van der Waals surface area contributed by atoms with Gasteiger partial charge in [-0.25, -0.2) is 8.42 Å². The summed E-state index contributed by atoms with van der Waals surface area (Å²) in [5, 5.41) is 2.87. The Kier molecular flexibility index (Phi) is 6.85. The van der Waals surface area contributed by atoms with Gasteiger partial charge < -0.3 is 19.4 Å². The molecule has 0 bridgehead atoms. The Labute approximate surface area is 188 Å². The number of ether oxygens (including phenoxy) is 2. The van der Waals surface area contributed by atoms with Crippen molar-refractivity contribution in [1.29, 1.82) is 0 Å². The first-order valence-corrected chi connectivity index (χ1v) is 12.2. The molecule has 32 heavy (non-hydrogen) atoms. The number of benzene rings is 1. The van der Waals surface area contributed by atoms with Crippen molar-refractivity contribution in [2.75, 3.05) is 51.8 Å². The number of rotatable bonds is 7. The van der Waals surface area contributed by atoms with Crippen LogP contribution in [0.5, 0.6) is 5.75 Å². The zero-order valence-corrected chi connectivity index (χ0v) is 19.3. The number of anilines is 1. The smallest absolute Gasteiger partial charge is 0.246 e. The summed E-state index contributed by atoms with van der Waals surface area (Å²) in [5.41, 5.74) is 1.62. The van der Waals surface area contributed by atoms with Gasteiger partial charge in [0.25, 0.3) is 0 Å². The fraction of sp³-hybridized carbons (Fsp3) is 0.500. The second-order valence-electron chi connectivity index (χ2n) is 8.10. The number of carbonyl (C=O) groups is 1. The monoisotopic (exact) mass is 462 g/mol. The van der Waals surface area contributed by atoms with Crippen molar-refractivity contribution in [3.8, 4) is 5.75 Å². The highest BCUT2D eigenvalue weighted by atomic mass is 32.2. The fourth-order valence-electron chi connectivity index (χ4n) is 4.44. The van der Waals surface area contributed by atoms with Crippen LogP contribution in [0.2, 0.25) is 0 Å². The molecule has 174 valence electrons. The Hall–Kier alpha value is -2.40. The highest BCUT2D eigenvalue weighted by Gasteiger charge is 2.31. The van der Waals surface area contributed by atoms with Crippen LogP contribution in [0.15, 0.2) is 41.4 Å². The van der Waals surface area contributed by atoms with Crippen LogP contribution in [0.4, 0.5) is 5.69 Å². The molecule has 0 radical (unpaired) electrons. The van der Waals surface area contributed by atoms with Crippen LogP contribution in [-0.2, 0) is 26.6 Å². The van der Waals surface area contributed by atoms with E-state index in [2.05, 4.69) is 20.9 Å². The number of amides is 1. The van der Waals surface area contributed by atoms with Gasteiger partial charge in [0.1, 0.15) is 10.6 Å². The van der Waals surface area contributed by atoms with E-state index in [1.54, 1.807) is 12.1 Å². The zero-order valence-electron chi connectivity index (χ0n) is 18.5. The minimum Gasteiger partial charge on any atom is -0.495 e. The lowest BCUT2D eigenvalue weighted by molar-refractivity contribution is -0.117. The molecule has 1 aromatic carbocycles. The third kappa shape index (κ3) is 4.68. The van der Waals surface area contributed by atoms with E-state index in [0.717, 1.165) is 19.4 Å². The van der Waals surface area contributed by atoms with E-state index in [1.807, 2.05) is 19.3 Å². The molecule has 1 N–H and O–H groups in total. The van der Waals surface area contributed by atoms with Crippen molar-refractivity contribution in [3.05, 3.63) is 42.2 Å². The second-order valence-corrected chi connectivity index (χ2v) is 10.0. The summed E-state index contributed by atoms with van der Waals surface area (Å²) < 4.78 is 40.4. The topological polar surface area (TPSA) is 93.1 Å². The predicted octanol–water partition coefficient (Wildman–Crippen LogP) is 1.83. The highest BCUT2D eigenvalue weighted by molar-refractivity contribution is 7.89. The summed E-state index contributed by atoms with van der Waals surface area (Å²) in [6, 6.07) is 9.01. The molecule has 4 rings (SSSR count). The molecule has 2 aliphatic heterocycles. The second kappa shape index (κ2) is 9.62. The molecule has 9 nitrogen and oxygen atoms in total. The van der Waals surface area contributed by atoms with E-state index in [-0.39, 0.29) is 42.2 Å². The van der Waals surface area contributed by atoms with Crippen molar-refractivity contribution >= 4 is 21.6 Å². The van der Waals surface area contributed by atoms with Crippen molar-refractivity contribution in [2.45, 2.75) is 23.8 Å². The average Bonchev–Trinajstić information content (AvgIpc) is 3.42. The minimum atomic E-state index is -3.76. The average molecular weight is 463 g/mol. The van der Waals surface area contributed by atoms with Gasteiger partial charge in [-0.3, -0.25) is 9.69 Å². The van der Waals surface area contributed by atoms with Crippen LogP contribution in [0.1, 0.15) is 24.6 Å². The highest BCUT2D eigenvalue weighted by Crippen LogP contribution is 2.32. The first kappa shape index (κ1) is 22.8. The van der Waals surface area contributed by atoms with Crippen LogP contribution in [0.25, 0.3) is 0 Å². The number of carbonyl (C=O) groups excluding carboxylic acids is 1. The summed E-state index contributed by atoms with van der Waals surface area (Å²) in [6.45, 7) is 2.39. The SMILES string of the molecule is COc1ccc(NC(=O)CN2CCC[C@H]2c2cccn2C)cc1S(=O)(=O)N1CCOCC1. The number of nitrogens with zero attached hydrogens (tertiary/aromatic N) is 3. The van der Waals surface area contributed by atoms with Gasteiger partial charge in [-0.2, -0.15) is 4.31 Å². The first-order valence-electron chi connectivity index (χ1n) is 10.8. The van der Waals surface area contributed by atoms with Crippen LogP contribution in [-0.4, -0.2) is 74.6 Å². The maximum absolute atomic E-state index is 13.2. The summed E-state index contributed by atoms with van der Waals surface area (Å²) >= 11 is 0. The van der Waals surface area contributed by atoms with Crippen molar-refractivity contribution in [1.82, 2.24) is 13.8 Å².